The van der Waals surface area contributed by atoms with Crippen molar-refractivity contribution in [3.8, 4) is 11.5 Å². The lowest BCUT2D eigenvalue weighted by Gasteiger charge is -2.26. The number of benzene rings is 2. The molecule has 1 unspecified atom stereocenters. The average molecular weight is 459 g/mol. The van der Waals surface area contributed by atoms with E-state index >= 15 is 0 Å². The van der Waals surface area contributed by atoms with Crippen LogP contribution in [0, 0.1) is 12.8 Å². The Morgan fingerprint density at radius 1 is 1.12 bits per heavy atom. The molecule has 4 rings (SSSR count). The Kier molecular flexibility index (Phi) is 6.36. The van der Waals surface area contributed by atoms with Gasteiger partial charge < -0.3 is 14.9 Å². The van der Waals surface area contributed by atoms with Crippen molar-refractivity contribution in [2.24, 2.45) is 5.92 Å². The van der Waals surface area contributed by atoms with Crippen LogP contribution >= 0.6 is 0 Å². The molecule has 2 aromatic carbocycles. The van der Waals surface area contributed by atoms with E-state index in [1.165, 1.54) is 17.2 Å². The summed E-state index contributed by atoms with van der Waals surface area (Å²) in [4.78, 5) is 31.7. The van der Waals surface area contributed by atoms with Gasteiger partial charge in [0.1, 0.15) is 17.3 Å². The average Bonchev–Trinajstić information content (AvgIpc) is 3.10. The third-order valence-corrected chi connectivity index (χ3v) is 5.55. The zero-order valence-corrected chi connectivity index (χ0v) is 19.2. The zero-order valence-electron chi connectivity index (χ0n) is 19.2. The van der Waals surface area contributed by atoms with Gasteiger partial charge in [-0.05, 0) is 66.4 Å². The molecular formula is C27H26N2O5. The van der Waals surface area contributed by atoms with Crippen molar-refractivity contribution in [3.05, 3.63) is 89.3 Å². The van der Waals surface area contributed by atoms with Crippen LogP contribution in [-0.2, 0) is 9.59 Å². The van der Waals surface area contributed by atoms with Gasteiger partial charge in [0.25, 0.3) is 11.7 Å². The van der Waals surface area contributed by atoms with Crippen LogP contribution in [0.2, 0.25) is 0 Å². The van der Waals surface area contributed by atoms with Crippen LogP contribution in [0.5, 0.6) is 11.5 Å². The molecule has 1 amide bonds. The van der Waals surface area contributed by atoms with Crippen LogP contribution in [0.4, 0.5) is 5.69 Å². The summed E-state index contributed by atoms with van der Waals surface area (Å²) in [7, 11) is 0. The molecule has 1 atom stereocenters. The van der Waals surface area contributed by atoms with Crippen molar-refractivity contribution in [2.45, 2.75) is 26.8 Å². The van der Waals surface area contributed by atoms with Gasteiger partial charge >= 0.3 is 0 Å². The van der Waals surface area contributed by atoms with Crippen molar-refractivity contribution in [1.82, 2.24) is 4.98 Å². The summed E-state index contributed by atoms with van der Waals surface area (Å²) in [5.41, 5.74) is 1.82. The third kappa shape index (κ3) is 4.37. The summed E-state index contributed by atoms with van der Waals surface area (Å²) in [6.45, 7) is 6.46. The second kappa shape index (κ2) is 9.39. The van der Waals surface area contributed by atoms with Crippen LogP contribution in [0.25, 0.3) is 5.76 Å². The lowest BCUT2D eigenvalue weighted by molar-refractivity contribution is -0.132. The van der Waals surface area contributed by atoms with E-state index in [2.05, 4.69) is 4.98 Å². The van der Waals surface area contributed by atoms with E-state index in [1.54, 1.807) is 54.7 Å². The number of pyridine rings is 1. The maximum atomic E-state index is 13.2. The minimum absolute atomic E-state index is 0.0743. The van der Waals surface area contributed by atoms with Gasteiger partial charge in [-0.1, -0.05) is 26.0 Å². The number of ketones is 1. The minimum atomic E-state index is -0.960. The molecule has 0 saturated carbocycles. The molecule has 1 aliphatic rings. The topological polar surface area (TPSA) is 100.0 Å². The minimum Gasteiger partial charge on any atom is -0.507 e. The number of phenols is 1. The Morgan fingerprint density at radius 3 is 2.50 bits per heavy atom. The molecule has 0 aliphatic carbocycles. The molecule has 2 heterocycles. The van der Waals surface area contributed by atoms with Crippen LogP contribution in [0.1, 0.15) is 36.6 Å². The van der Waals surface area contributed by atoms with Gasteiger partial charge in [0.05, 0.1) is 23.9 Å². The van der Waals surface area contributed by atoms with E-state index in [0.717, 1.165) is 5.56 Å². The van der Waals surface area contributed by atoms with E-state index in [4.69, 9.17) is 4.74 Å². The molecule has 7 nitrogen and oxygen atoms in total. The fourth-order valence-corrected chi connectivity index (χ4v) is 3.89. The van der Waals surface area contributed by atoms with E-state index in [9.17, 15) is 19.8 Å². The first-order valence-electron chi connectivity index (χ1n) is 11.0. The van der Waals surface area contributed by atoms with Crippen molar-refractivity contribution < 1.29 is 24.5 Å². The fraction of sp³-hybridized carbons (Fsp3) is 0.222. The molecule has 1 aliphatic heterocycles. The SMILES string of the molecule is Cc1ccc(O)c(N2C(=O)C(=O)/C(=C(/O)c3ccc(OCC(C)C)cc3)C2c2cccnc2)c1. The first-order chi connectivity index (χ1) is 16.3. The summed E-state index contributed by atoms with van der Waals surface area (Å²) < 4.78 is 5.69. The van der Waals surface area contributed by atoms with Gasteiger partial charge in [0.2, 0.25) is 0 Å². The highest BCUT2D eigenvalue weighted by atomic mass is 16.5. The lowest BCUT2D eigenvalue weighted by Crippen LogP contribution is -2.29. The van der Waals surface area contributed by atoms with Crippen LogP contribution in [0.15, 0.2) is 72.6 Å². The highest BCUT2D eigenvalue weighted by Gasteiger charge is 2.47. The molecule has 1 saturated heterocycles. The van der Waals surface area contributed by atoms with Gasteiger partial charge in [0.15, 0.2) is 0 Å². The number of rotatable bonds is 6. The maximum absolute atomic E-state index is 13.2. The van der Waals surface area contributed by atoms with Crippen molar-refractivity contribution in [2.75, 3.05) is 11.5 Å². The number of carbonyl (C=O) groups excluding carboxylic acids is 2. The summed E-state index contributed by atoms with van der Waals surface area (Å²) >= 11 is 0. The highest BCUT2D eigenvalue weighted by molar-refractivity contribution is 6.51. The second-order valence-electron chi connectivity index (χ2n) is 8.68. The first-order valence-corrected chi connectivity index (χ1v) is 11.0. The Hall–Kier alpha value is -4.13. The second-order valence-corrected chi connectivity index (χ2v) is 8.68. The number of hydrogen-bond donors (Lipinski definition) is 2. The first kappa shape index (κ1) is 23.0. The molecule has 7 heteroatoms. The normalized spacial score (nSPS) is 17.4. The van der Waals surface area contributed by atoms with Crippen molar-refractivity contribution in [3.63, 3.8) is 0 Å². The number of ether oxygens (including phenoxy) is 1. The van der Waals surface area contributed by atoms with E-state index < -0.39 is 17.7 Å². The van der Waals surface area contributed by atoms with Gasteiger partial charge in [-0.15, -0.1) is 0 Å². The largest absolute Gasteiger partial charge is 0.507 e. The number of nitrogens with zero attached hydrogens (tertiary/aromatic N) is 2. The number of amides is 1. The molecule has 3 aromatic rings. The molecule has 0 radical (unpaired) electrons. The lowest BCUT2D eigenvalue weighted by atomic mass is 9.96. The standard InChI is InChI=1S/C27H26N2O5/c1-16(2)15-34-20-9-7-18(8-10-20)25(31)23-24(19-5-4-12-28-14-19)29(27(33)26(23)32)21-13-17(3)6-11-22(21)30/h4-14,16,24,30-31H,15H2,1-3H3/b25-23+. The monoisotopic (exact) mass is 458 g/mol. The summed E-state index contributed by atoms with van der Waals surface area (Å²) in [5, 5.41) is 21.7. The Bertz CT molecular complexity index is 1250. The number of carbonyl (C=O) groups is 2. The Balaban J connectivity index is 1.83. The molecule has 34 heavy (non-hydrogen) atoms. The number of hydrogen-bond acceptors (Lipinski definition) is 6. The summed E-state index contributed by atoms with van der Waals surface area (Å²) in [5.74, 6) is -1.13. The molecule has 2 N–H and O–H groups in total. The highest BCUT2D eigenvalue weighted by Crippen LogP contribution is 2.44. The molecule has 0 bridgehead atoms. The number of anilines is 1. The number of aryl methyl sites for hydroxylation is 1. The van der Waals surface area contributed by atoms with Crippen LogP contribution in [0.3, 0.4) is 0 Å². The maximum Gasteiger partial charge on any atom is 0.300 e. The number of Topliss-reactive ketones (excluding diaryl/α,β-unsaturated/α-hetero) is 1. The molecule has 1 aromatic heterocycles. The number of phenolic OH excluding ortho intramolecular Hbond substituents is 1. The number of aromatic hydroxyl groups is 1. The van der Waals surface area contributed by atoms with E-state index in [-0.39, 0.29) is 22.8 Å². The smallest absolute Gasteiger partial charge is 0.300 e. The number of aliphatic hydroxyl groups excluding tert-OH is 1. The molecule has 174 valence electrons. The quantitative estimate of drug-likeness (QED) is 0.314. The van der Waals surface area contributed by atoms with E-state index in [0.29, 0.717) is 29.4 Å². The van der Waals surface area contributed by atoms with Gasteiger partial charge in [0, 0.05) is 18.0 Å². The molecular weight excluding hydrogens is 432 g/mol. The summed E-state index contributed by atoms with van der Waals surface area (Å²) in [6, 6.07) is 14.0. The molecule has 1 fully saturated rings. The van der Waals surface area contributed by atoms with Crippen molar-refractivity contribution in [1.29, 1.82) is 0 Å². The predicted molar refractivity (Wildman–Crippen MR) is 129 cm³/mol. The number of aliphatic hydroxyl groups is 1. The van der Waals surface area contributed by atoms with Gasteiger partial charge in [-0.3, -0.25) is 19.5 Å². The predicted octanol–water partition coefficient (Wildman–Crippen LogP) is 4.76. The van der Waals surface area contributed by atoms with E-state index in [1.807, 2.05) is 20.8 Å². The Labute approximate surface area is 198 Å². The zero-order chi connectivity index (χ0) is 24.4. The number of aromatic nitrogens is 1. The Morgan fingerprint density at radius 2 is 1.85 bits per heavy atom. The molecule has 0 spiro atoms. The van der Waals surface area contributed by atoms with Crippen molar-refractivity contribution >= 4 is 23.1 Å². The van der Waals surface area contributed by atoms with Gasteiger partial charge in [-0.25, -0.2) is 0 Å². The third-order valence-electron chi connectivity index (χ3n) is 5.55. The van der Waals surface area contributed by atoms with Gasteiger partial charge in [-0.2, -0.15) is 0 Å². The van der Waals surface area contributed by atoms with Crippen LogP contribution in [-0.4, -0.2) is 33.5 Å². The van der Waals surface area contributed by atoms with Crippen LogP contribution < -0.4 is 9.64 Å². The summed E-state index contributed by atoms with van der Waals surface area (Å²) in [6.07, 6.45) is 3.11. The fourth-order valence-electron chi connectivity index (χ4n) is 3.89.